The molecule has 0 spiro atoms. The van der Waals surface area contributed by atoms with Crippen molar-refractivity contribution in [3.8, 4) is 6.07 Å². The molecule has 0 unspecified atom stereocenters. The number of halogens is 1. The lowest BCUT2D eigenvalue weighted by molar-refractivity contribution is -0.121. The molecule has 1 saturated carbocycles. The number of hydrogen-bond acceptors (Lipinski definition) is 3. The molecular weight excluding hydrogens is 377 g/mol. The summed E-state index contributed by atoms with van der Waals surface area (Å²) in [5.41, 5.74) is 2.74. The molecule has 3 aromatic rings. The minimum absolute atomic E-state index is 0.0250. The number of carbonyl (C=O) groups is 1. The summed E-state index contributed by atoms with van der Waals surface area (Å²) in [6.07, 6.45) is 5.94. The molecule has 1 heterocycles. The van der Waals surface area contributed by atoms with Crippen LogP contribution in [0.4, 0.5) is 10.1 Å². The Balaban J connectivity index is 1.39. The molecule has 1 aromatic heterocycles. The number of nitrogens with zero attached hydrogens (tertiary/aromatic N) is 2. The van der Waals surface area contributed by atoms with Gasteiger partial charge in [-0.1, -0.05) is 25.1 Å². The SMILES string of the molecule is C[C@@H](C(=O)Nc1ccc(C#N)c(F)c1)C1CCC(c2ccnc3ccccc23)CC1. The zero-order valence-corrected chi connectivity index (χ0v) is 16.9. The van der Waals surface area contributed by atoms with Crippen LogP contribution < -0.4 is 5.32 Å². The van der Waals surface area contributed by atoms with Gasteiger partial charge >= 0.3 is 0 Å². The number of rotatable bonds is 4. The van der Waals surface area contributed by atoms with E-state index in [1.807, 2.05) is 25.3 Å². The van der Waals surface area contributed by atoms with Crippen molar-refractivity contribution in [2.24, 2.45) is 11.8 Å². The number of nitrogens with one attached hydrogen (secondary N) is 1. The molecular formula is C25H24FN3O. The molecule has 0 aliphatic heterocycles. The van der Waals surface area contributed by atoms with Crippen molar-refractivity contribution in [2.75, 3.05) is 5.32 Å². The Morgan fingerprint density at radius 3 is 2.67 bits per heavy atom. The predicted octanol–water partition coefficient (Wildman–Crippen LogP) is 5.79. The fraction of sp³-hybridized carbons (Fsp3) is 0.320. The summed E-state index contributed by atoms with van der Waals surface area (Å²) >= 11 is 0. The van der Waals surface area contributed by atoms with Crippen LogP contribution in [0.15, 0.2) is 54.7 Å². The number of nitriles is 1. The maximum absolute atomic E-state index is 13.8. The Labute approximate surface area is 175 Å². The molecule has 1 fully saturated rings. The van der Waals surface area contributed by atoms with Crippen LogP contribution >= 0.6 is 0 Å². The molecule has 1 aliphatic rings. The molecule has 4 nitrogen and oxygen atoms in total. The zero-order chi connectivity index (χ0) is 21.1. The Bertz CT molecular complexity index is 1110. The second kappa shape index (κ2) is 8.62. The molecule has 0 saturated heterocycles. The van der Waals surface area contributed by atoms with Crippen LogP contribution in [0.5, 0.6) is 0 Å². The highest BCUT2D eigenvalue weighted by atomic mass is 19.1. The monoisotopic (exact) mass is 401 g/mol. The van der Waals surface area contributed by atoms with Crippen LogP contribution in [0.2, 0.25) is 0 Å². The van der Waals surface area contributed by atoms with Gasteiger partial charge in [-0.05, 0) is 73.4 Å². The van der Waals surface area contributed by atoms with Gasteiger partial charge in [0, 0.05) is 23.2 Å². The van der Waals surface area contributed by atoms with E-state index in [0.717, 1.165) is 31.2 Å². The highest BCUT2D eigenvalue weighted by molar-refractivity contribution is 5.92. The third-order valence-corrected chi connectivity index (χ3v) is 6.37. The van der Waals surface area contributed by atoms with E-state index in [0.29, 0.717) is 17.5 Å². The van der Waals surface area contributed by atoms with E-state index in [1.165, 1.54) is 23.1 Å². The van der Waals surface area contributed by atoms with E-state index in [1.54, 1.807) is 12.1 Å². The molecule has 30 heavy (non-hydrogen) atoms. The van der Waals surface area contributed by atoms with Gasteiger partial charge < -0.3 is 5.32 Å². The van der Waals surface area contributed by atoms with Gasteiger partial charge in [0.2, 0.25) is 5.91 Å². The first-order valence-electron chi connectivity index (χ1n) is 10.4. The number of pyridine rings is 1. The van der Waals surface area contributed by atoms with Gasteiger partial charge in [0.1, 0.15) is 11.9 Å². The average molecular weight is 401 g/mol. The normalized spacial score (nSPS) is 19.8. The van der Waals surface area contributed by atoms with Crippen molar-refractivity contribution in [2.45, 2.75) is 38.5 Å². The third kappa shape index (κ3) is 4.04. The topological polar surface area (TPSA) is 65.8 Å². The highest BCUT2D eigenvalue weighted by Gasteiger charge is 2.30. The second-order valence-corrected chi connectivity index (χ2v) is 8.11. The number of benzene rings is 2. The lowest BCUT2D eigenvalue weighted by Crippen LogP contribution is -2.29. The van der Waals surface area contributed by atoms with Crippen molar-refractivity contribution >= 4 is 22.5 Å². The van der Waals surface area contributed by atoms with Crippen molar-refractivity contribution in [1.29, 1.82) is 5.26 Å². The maximum atomic E-state index is 13.8. The number of aromatic nitrogens is 1. The van der Waals surface area contributed by atoms with Crippen LogP contribution in [-0.4, -0.2) is 10.9 Å². The predicted molar refractivity (Wildman–Crippen MR) is 115 cm³/mol. The van der Waals surface area contributed by atoms with Crippen LogP contribution in [0.3, 0.4) is 0 Å². The van der Waals surface area contributed by atoms with Gasteiger partial charge in [-0.25, -0.2) is 4.39 Å². The molecule has 1 N–H and O–H groups in total. The molecule has 2 aromatic carbocycles. The average Bonchev–Trinajstić information content (AvgIpc) is 2.78. The summed E-state index contributed by atoms with van der Waals surface area (Å²) in [6, 6.07) is 16.3. The van der Waals surface area contributed by atoms with Crippen molar-refractivity contribution in [3.63, 3.8) is 0 Å². The number of hydrogen-bond donors (Lipinski definition) is 1. The van der Waals surface area contributed by atoms with Gasteiger partial charge in [-0.15, -0.1) is 0 Å². The van der Waals surface area contributed by atoms with Gasteiger partial charge in [-0.3, -0.25) is 9.78 Å². The minimum Gasteiger partial charge on any atom is -0.326 e. The lowest BCUT2D eigenvalue weighted by Gasteiger charge is -2.32. The number of amides is 1. The molecule has 1 amide bonds. The Morgan fingerprint density at radius 2 is 1.93 bits per heavy atom. The Morgan fingerprint density at radius 1 is 1.17 bits per heavy atom. The van der Waals surface area contributed by atoms with Crippen molar-refractivity contribution in [1.82, 2.24) is 4.98 Å². The molecule has 1 aliphatic carbocycles. The molecule has 152 valence electrons. The molecule has 0 bridgehead atoms. The standard InChI is InChI=1S/C25H24FN3O/c1-16(25(30)29-20-11-10-19(15-27)23(26)14-20)17-6-8-18(9-7-17)21-12-13-28-24-5-3-2-4-22(21)24/h2-5,10-14,16-18H,6-9H2,1H3,(H,29,30)/t16-,17?,18?/m1/s1. The summed E-state index contributed by atoms with van der Waals surface area (Å²) in [5, 5.41) is 12.9. The Kier molecular flexibility index (Phi) is 5.76. The summed E-state index contributed by atoms with van der Waals surface area (Å²) in [7, 11) is 0. The number of fused-ring (bicyclic) bond motifs is 1. The first-order chi connectivity index (χ1) is 14.6. The molecule has 4 rings (SSSR count). The van der Waals surface area contributed by atoms with Gasteiger partial charge in [0.05, 0.1) is 11.1 Å². The molecule has 5 heteroatoms. The van der Waals surface area contributed by atoms with E-state index in [-0.39, 0.29) is 17.4 Å². The van der Waals surface area contributed by atoms with E-state index < -0.39 is 5.82 Å². The minimum atomic E-state index is -0.618. The number of para-hydroxylation sites is 1. The van der Waals surface area contributed by atoms with E-state index in [9.17, 15) is 9.18 Å². The largest absolute Gasteiger partial charge is 0.326 e. The van der Waals surface area contributed by atoms with Crippen LogP contribution in [-0.2, 0) is 4.79 Å². The van der Waals surface area contributed by atoms with E-state index >= 15 is 0 Å². The van der Waals surface area contributed by atoms with Gasteiger partial charge in [0.15, 0.2) is 0 Å². The third-order valence-electron chi connectivity index (χ3n) is 6.37. The highest BCUT2D eigenvalue weighted by Crippen LogP contribution is 2.40. The van der Waals surface area contributed by atoms with E-state index in [4.69, 9.17) is 5.26 Å². The van der Waals surface area contributed by atoms with Crippen LogP contribution in [0.25, 0.3) is 10.9 Å². The van der Waals surface area contributed by atoms with Crippen molar-refractivity contribution < 1.29 is 9.18 Å². The number of anilines is 1. The van der Waals surface area contributed by atoms with Gasteiger partial charge in [0.25, 0.3) is 0 Å². The molecule has 0 radical (unpaired) electrons. The fourth-order valence-electron chi connectivity index (χ4n) is 4.56. The first kappa shape index (κ1) is 20.0. The Hall–Kier alpha value is -3.26. The quantitative estimate of drug-likeness (QED) is 0.601. The van der Waals surface area contributed by atoms with Crippen LogP contribution in [0.1, 0.15) is 49.7 Å². The zero-order valence-electron chi connectivity index (χ0n) is 16.9. The smallest absolute Gasteiger partial charge is 0.227 e. The second-order valence-electron chi connectivity index (χ2n) is 8.11. The maximum Gasteiger partial charge on any atom is 0.227 e. The number of carbonyl (C=O) groups excluding carboxylic acids is 1. The summed E-state index contributed by atoms with van der Waals surface area (Å²) in [4.78, 5) is 17.2. The fourth-order valence-corrected chi connectivity index (χ4v) is 4.56. The lowest BCUT2D eigenvalue weighted by atomic mass is 9.73. The summed E-state index contributed by atoms with van der Waals surface area (Å²) in [5.74, 6) is -0.0848. The summed E-state index contributed by atoms with van der Waals surface area (Å²) < 4.78 is 13.8. The first-order valence-corrected chi connectivity index (χ1v) is 10.4. The van der Waals surface area contributed by atoms with Gasteiger partial charge in [-0.2, -0.15) is 5.26 Å². The molecule has 1 atom stereocenters. The van der Waals surface area contributed by atoms with E-state index in [2.05, 4.69) is 28.5 Å². The van der Waals surface area contributed by atoms with Crippen LogP contribution in [0, 0.1) is 29.0 Å². The van der Waals surface area contributed by atoms with Crippen molar-refractivity contribution in [3.05, 3.63) is 71.7 Å². The summed E-state index contributed by atoms with van der Waals surface area (Å²) in [6.45, 7) is 1.95.